The number of rotatable bonds is 1. The summed E-state index contributed by atoms with van der Waals surface area (Å²) in [6.45, 7) is 0. The first-order valence-electron chi connectivity index (χ1n) is 12.8. The molecule has 0 N–H and O–H groups in total. The van der Waals surface area contributed by atoms with Crippen molar-refractivity contribution in [3.05, 3.63) is 96.6 Å². The van der Waals surface area contributed by atoms with Gasteiger partial charge in [-0.2, -0.15) is 0 Å². The second-order valence-corrected chi connectivity index (χ2v) is 10.3. The molecular weight excluding hydrogens is 408 g/mol. The van der Waals surface area contributed by atoms with E-state index in [1.165, 1.54) is 97.4 Å². The topological polar surface area (TPSA) is 0 Å². The standard InChI is InChI=1S/C34H26/c1-2-9-21(10-3-1)33-26-14-7-5-11-22(26)17-24-19-30-31(20-29(24)33)28-16-8-15-27-25-13-6-4-12-23(25)18-32(30)34(27)28/h4-8,11-21H,1-3,9-10H2. The molecule has 2 aliphatic rings. The van der Waals surface area contributed by atoms with E-state index in [1.54, 1.807) is 5.56 Å². The smallest absolute Gasteiger partial charge is 0.00199 e. The molecule has 1 fully saturated rings. The molecule has 0 atom stereocenters. The van der Waals surface area contributed by atoms with Crippen LogP contribution in [-0.2, 0) is 0 Å². The van der Waals surface area contributed by atoms with Crippen LogP contribution in [0.4, 0.5) is 0 Å². The van der Waals surface area contributed by atoms with Crippen LogP contribution in [0.2, 0.25) is 0 Å². The monoisotopic (exact) mass is 434 g/mol. The molecule has 1 saturated carbocycles. The molecule has 0 aliphatic heterocycles. The Hall–Kier alpha value is -3.64. The van der Waals surface area contributed by atoms with Crippen molar-refractivity contribution >= 4 is 43.1 Å². The molecule has 0 amide bonds. The molecule has 2 aliphatic carbocycles. The van der Waals surface area contributed by atoms with E-state index in [4.69, 9.17) is 0 Å². The largest absolute Gasteiger partial charge is 0.0616 e. The SMILES string of the molecule is c1ccc2c(C3CCCCC3)c3cc4c(cc3cc2c1)-c1cc2ccccc2c2cccc-4c12. The van der Waals surface area contributed by atoms with Crippen molar-refractivity contribution in [1.82, 2.24) is 0 Å². The minimum atomic E-state index is 0.669. The molecule has 0 spiro atoms. The molecule has 6 aromatic carbocycles. The van der Waals surface area contributed by atoms with Crippen LogP contribution in [0.25, 0.3) is 65.3 Å². The molecule has 0 heteroatoms. The van der Waals surface area contributed by atoms with Crippen LogP contribution in [0.5, 0.6) is 0 Å². The highest BCUT2D eigenvalue weighted by Gasteiger charge is 2.26. The van der Waals surface area contributed by atoms with E-state index in [0.717, 1.165) is 0 Å². The fourth-order valence-corrected chi connectivity index (χ4v) is 7.03. The number of hydrogen-bond acceptors (Lipinski definition) is 0. The first-order chi connectivity index (χ1) is 16.9. The maximum atomic E-state index is 2.54. The minimum absolute atomic E-state index is 0.669. The van der Waals surface area contributed by atoms with Crippen molar-refractivity contribution < 1.29 is 0 Å². The summed E-state index contributed by atoms with van der Waals surface area (Å²) in [5.41, 5.74) is 7.21. The van der Waals surface area contributed by atoms with Gasteiger partial charge in [0.25, 0.3) is 0 Å². The summed E-state index contributed by atoms with van der Waals surface area (Å²) < 4.78 is 0. The van der Waals surface area contributed by atoms with Gasteiger partial charge in [-0.25, -0.2) is 0 Å². The van der Waals surface area contributed by atoms with Crippen LogP contribution < -0.4 is 0 Å². The first kappa shape index (κ1) is 18.7. The maximum absolute atomic E-state index is 2.54. The van der Waals surface area contributed by atoms with Gasteiger partial charge >= 0.3 is 0 Å². The van der Waals surface area contributed by atoms with Crippen molar-refractivity contribution in [2.24, 2.45) is 0 Å². The van der Waals surface area contributed by atoms with Crippen LogP contribution in [0.1, 0.15) is 43.6 Å². The lowest BCUT2D eigenvalue weighted by atomic mass is 9.79. The average Bonchev–Trinajstić information content (AvgIpc) is 3.20. The van der Waals surface area contributed by atoms with Crippen molar-refractivity contribution in [2.45, 2.75) is 38.0 Å². The number of benzene rings is 6. The highest BCUT2D eigenvalue weighted by atomic mass is 14.3. The molecule has 34 heavy (non-hydrogen) atoms. The van der Waals surface area contributed by atoms with E-state index >= 15 is 0 Å². The molecule has 0 heterocycles. The average molecular weight is 435 g/mol. The van der Waals surface area contributed by atoms with Gasteiger partial charge in [0.15, 0.2) is 0 Å². The third-order valence-electron chi connectivity index (χ3n) is 8.52. The Balaban J connectivity index is 1.50. The van der Waals surface area contributed by atoms with E-state index in [9.17, 15) is 0 Å². The van der Waals surface area contributed by atoms with Crippen LogP contribution >= 0.6 is 0 Å². The molecule has 162 valence electrons. The fourth-order valence-electron chi connectivity index (χ4n) is 7.03. The zero-order valence-electron chi connectivity index (χ0n) is 19.3. The molecule has 0 bridgehead atoms. The summed E-state index contributed by atoms with van der Waals surface area (Å²) in [5, 5.41) is 11.2. The van der Waals surface area contributed by atoms with Crippen molar-refractivity contribution in [3.63, 3.8) is 0 Å². The van der Waals surface area contributed by atoms with Gasteiger partial charge in [-0.05, 0) is 114 Å². The lowest BCUT2D eigenvalue weighted by Crippen LogP contribution is -2.06. The van der Waals surface area contributed by atoms with E-state index < -0.39 is 0 Å². The van der Waals surface area contributed by atoms with Gasteiger partial charge in [-0.1, -0.05) is 86.0 Å². The van der Waals surface area contributed by atoms with Gasteiger partial charge in [-0.3, -0.25) is 0 Å². The summed E-state index contributed by atoms with van der Waals surface area (Å²) in [6.07, 6.45) is 6.75. The summed E-state index contributed by atoms with van der Waals surface area (Å²) >= 11 is 0. The summed E-state index contributed by atoms with van der Waals surface area (Å²) in [7, 11) is 0. The Bertz CT molecular complexity index is 1780. The van der Waals surface area contributed by atoms with Crippen molar-refractivity contribution in [2.75, 3.05) is 0 Å². The van der Waals surface area contributed by atoms with E-state index in [0.29, 0.717) is 5.92 Å². The van der Waals surface area contributed by atoms with Crippen LogP contribution in [0, 0.1) is 0 Å². The van der Waals surface area contributed by atoms with E-state index in [2.05, 4.69) is 91.0 Å². The zero-order valence-corrected chi connectivity index (χ0v) is 19.3. The molecular formula is C34H26. The number of fused-ring (bicyclic) bond motifs is 7. The first-order valence-corrected chi connectivity index (χ1v) is 12.8. The zero-order chi connectivity index (χ0) is 22.2. The summed E-state index contributed by atoms with van der Waals surface area (Å²) in [6, 6.07) is 34.7. The van der Waals surface area contributed by atoms with Gasteiger partial charge in [-0.15, -0.1) is 0 Å². The van der Waals surface area contributed by atoms with Crippen LogP contribution in [-0.4, -0.2) is 0 Å². The second-order valence-electron chi connectivity index (χ2n) is 10.3. The lowest BCUT2D eigenvalue weighted by molar-refractivity contribution is 0.447. The fraction of sp³-hybridized carbons (Fsp3) is 0.176. The minimum Gasteiger partial charge on any atom is -0.0616 e. The Labute approximate surface area is 199 Å². The van der Waals surface area contributed by atoms with Crippen LogP contribution in [0.3, 0.4) is 0 Å². The van der Waals surface area contributed by atoms with Gasteiger partial charge in [0.05, 0.1) is 0 Å². The van der Waals surface area contributed by atoms with Crippen LogP contribution in [0.15, 0.2) is 91.0 Å². The third-order valence-corrected chi connectivity index (χ3v) is 8.52. The third kappa shape index (κ3) is 2.49. The van der Waals surface area contributed by atoms with Gasteiger partial charge in [0.1, 0.15) is 0 Å². The molecule has 0 unspecified atom stereocenters. The quantitative estimate of drug-likeness (QED) is 0.178. The molecule has 0 saturated heterocycles. The maximum Gasteiger partial charge on any atom is -0.00199 e. The normalized spacial score (nSPS) is 15.5. The van der Waals surface area contributed by atoms with E-state index in [-0.39, 0.29) is 0 Å². The second kappa shape index (κ2) is 6.93. The Morgan fingerprint density at radius 1 is 0.441 bits per heavy atom. The van der Waals surface area contributed by atoms with E-state index in [1.807, 2.05) is 0 Å². The predicted octanol–water partition coefficient (Wildman–Crippen LogP) is 9.99. The van der Waals surface area contributed by atoms with Crippen molar-refractivity contribution in [1.29, 1.82) is 0 Å². The predicted molar refractivity (Wildman–Crippen MR) is 147 cm³/mol. The van der Waals surface area contributed by atoms with Crippen molar-refractivity contribution in [3.8, 4) is 22.3 Å². The summed E-state index contributed by atoms with van der Waals surface area (Å²) in [4.78, 5) is 0. The van der Waals surface area contributed by atoms with Gasteiger partial charge in [0, 0.05) is 0 Å². The Kier molecular flexibility index (Phi) is 3.82. The lowest BCUT2D eigenvalue weighted by Gasteiger charge is -2.25. The number of hydrogen-bond donors (Lipinski definition) is 0. The Morgan fingerprint density at radius 2 is 1.12 bits per heavy atom. The van der Waals surface area contributed by atoms with Gasteiger partial charge < -0.3 is 0 Å². The molecule has 6 aromatic rings. The molecule has 8 rings (SSSR count). The molecule has 0 radical (unpaired) electrons. The highest BCUT2D eigenvalue weighted by molar-refractivity contribution is 6.25. The van der Waals surface area contributed by atoms with Gasteiger partial charge in [0.2, 0.25) is 0 Å². The summed E-state index contributed by atoms with van der Waals surface area (Å²) in [5.74, 6) is 0.669. The molecule has 0 nitrogen and oxygen atoms in total. The Morgan fingerprint density at radius 3 is 1.97 bits per heavy atom. The highest BCUT2D eigenvalue weighted by Crippen LogP contribution is 2.52. The molecule has 0 aromatic heterocycles.